The van der Waals surface area contributed by atoms with Gasteiger partial charge in [-0.15, -0.1) is 0 Å². The zero-order chi connectivity index (χ0) is 9.26. The number of anilines is 1. The van der Waals surface area contributed by atoms with Crippen molar-refractivity contribution >= 4 is 11.8 Å². The van der Waals surface area contributed by atoms with Crippen molar-refractivity contribution < 1.29 is 9.90 Å². The van der Waals surface area contributed by atoms with Crippen LogP contribution >= 0.6 is 0 Å². The second kappa shape index (κ2) is 3.05. The molecule has 13 heavy (non-hydrogen) atoms. The third-order valence-electron chi connectivity index (χ3n) is 2.11. The lowest BCUT2D eigenvalue weighted by Crippen LogP contribution is -2.10. The van der Waals surface area contributed by atoms with Crippen LogP contribution in [0.3, 0.4) is 0 Å². The molecular formula is C9H10N2O2. The van der Waals surface area contributed by atoms with Crippen LogP contribution in [0.15, 0.2) is 24.4 Å². The smallest absolute Gasteiger partial charge is 0.308 e. The van der Waals surface area contributed by atoms with Crippen LogP contribution in [0, 0.1) is 5.92 Å². The van der Waals surface area contributed by atoms with E-state index in [0.29, 0.717) is 6.42 Å². The molecule has 0 aromatic carbocycles. The minimum atomic E-state index is -0.728. The molecule has 0 aliphatic heterocycles. The number of carboxylic acid groups (broad SMARTS) is 1. The van der Waals surface area contributed by atoms with E-state index in [2.05, 4.69) is 10.3 Å². The predicted octanol–water partition coefficient (Wildman–Crippen LogP) is 0.967. The Morgan fingerprint density at radius 1 is 1.62 bits per heavy atom. The second-order valence-electron chi connectivity index (χ2n) is 3.15. The van der Waals surface area contributed by atoms with Gasteiger partial charge in [-0.2, -0.15) is 0 Å². The Bertz CT molecular complexity index is 313. The van der Waals surface area contributed by atoms with Crippen LogP contribution in [0.1, 0.15) is 6.42 Å². The van der Waals surface area contributed by atoms with E-state index in [1.807, 2.05) is 18.2 Å². The van der Waals surface area contributed by atoms with Gasteiger partial charge >= 0.3 is 5.97 Å². The quantitative estimate of drug-likeness (QED) is 0.723. The highest BCUT2D eigenvalue weighted by molar-refractivity contribution is 5.75. The lowest BCUT2D eigenvalue weighted by molar-refractivity contribution is -0.138. The number of pyridine rings is 1. The summed E-state index contributed by atoms with van der Waals surface area (Å²) in [5.41, 5.74) is 0. The number of aromatic nitrogens is 1. The Kier molecular flexibility index (Phi) is 1.88. The Hall–Kier alpha value is -1.58. The number of aliphatic carboxylic acids is 1. The average molecular weight is 178 g/mol. The van der Waals surface area contributed by atoms with E-state index in [0.717, 1.165) is 5.82 Å². The summed E-state index contributed by atoms with van der Waals surface area (Å²) in [5, 5.41) is 11.7. The molecule has 1 fully saturated rings. The standard InChI is InChI=1S/C9H10N2O2/c12-9(13)6-5-7(6)11-8-3-1-2-4-10-8/h1-4,6-7H,5H2,(H,10,11)(H,12,13)/t6-,7-/m1/s1. The van der Waals surface area contributed by atoms with Gasteiger partial charge in [0.15, 0.2) is 0 Å². The molecule has 0 spiro atoms. The first kappa shape index (κ1) is 8.04. The highest BCUT2D eigenvalue weighted by atomic mass is 16.4. The van der Waals surface area contributed by atoms with Crippen LogP contribution in [0.4, 0.5) is 5.82 Å². The van der Waals surface area contributed by atoms with Crippen molar-refractivity contribution in [3.8, 4) is 0 Å². The van der Waals surface area contributed by atoms with Crippen LogP contribution in [0.25, 0.3) is 0 Å². The molecule has 1 aromatic rings. The SMILES string of the molecule is O=C(O)[C@@H]1C[C@H]1Nc1ccccn1. The molecule has 0 radical (unpaired) electrons. The van der Waals surface area contributed by atoms with Gasteiger partial charge in [-0.3, -0.25) is 4.79 Å². The van der Waals surface area contributed by atoms with Crippen molar-refractivity contribution in [1.29, 1.82) is 0 Å². The summed E-state index contributed by atoms with van der Waals surface area (Å²) in [6, 6.07) is 5.59. The number of rotatable bonds is 3. The van der Waals surface area contributed by atoms with Gasteiger partial charge in [-0.1, -0.05) is 6.07 Å². The third kappa shape index (κ3) is 1.77. The average Bonchev–Trinajstić information content (AvgIpc) is 2.86. The molecule has 0 saturated heterocycles. The number of nitrogens with zero attached hydrogens (tertiary/aromatic N) is 1. The second-order valence-corrected chi connectivity index (χ2v) is 3.15. The van der Waals surface area contributed by atoms with Crippen molar-refractivity contribution in [2.24, 2.45) is 5.92 Å². The highest BCUT2D eigenvalue weighted by Crippen LogP contribution is 2.32. The molecule has 1 aliphatic carbocycles. The minimum absolute atomic E-state index is 0.0624. The highest BCUT2D eigenvalue weighted by Gasteiger charge is 2.43. The molecule has 1 heterocycles. The lowest BCUT2D eigenvalue weighted by atomic mass is 10.4. The van der Waals surface area contributed by atoms with Crippen LogP contribution in [0.2, 0.25) is 0 Å². The van der Waals surface area contributed by atoms with E-state index < -0.39 is 5.97 Å². The van der Waals surface area contributed by atoms with Crippen molar-refractivity contribution in [2.45, 2.75) is 12.5 Å². The lowest BCUT2D eigenvalue weighted by Gasteiger charge is -2.01. The van der Waals surface area contributed by atoms with Crippen molar-refractivity contribution in [3.05, 3.63) is 24.4 Å². The molecule has 68 valence electrons. The largest absolute Gasteiger partial charge is 0.481 e. The molecule has 0 bridgehead atoms. The van der Waals surface area contributed by atoms with Crippen LogP contribution in [-0.4, -0.2) is 22.1 Å². The molecule has 1 aliphatic rings. The zero-order valence-corrected chi connectivity index (χ0v) is 6.97. The van der Waals surface area contributed by atoms with Crippen LogP contribution in [0.5, 0.6) is 0 Å². The summed E-state index contributed by atoms with van der Waals surface area (Å²) in [4.78, 5) is 14.6. The fraction of sp³-hybridized carbons (Fsp3) is 0.333. The topological polar surface area (TPSA) is 62.2 Å². The van der Waals surface area contributed by atoms with Crippen LogP contribution < -0.4 is 5.32 Å². The molecule has 2 atom stereocenters. The van der Waals surface area contributed by atoms with Gasteiger partial charge < -0.3 is 10.4 Å². The van der Waals surface area contributed by atoms with Crippen molar-refractivity contribution in [2.75, 3.05) is 5.32 Å². The van der Waals surface area contributed by atoms with E-state index in [1.54, 1.807) is 6.20 Å². The molecule has 4 heteroatoms. The summed E-state index contributed by atoms with van der Waals surface area (Å²) in [7, 11) is 0. The first-order valence-electron chi connectivity index (χ1n) is 4.18. The van der Waals surface area contributed by atoms with Gasteiger partial charge in [0.05, 0.1) is 5.92 Å². The third-order valence-corrected chi connectivity index (χ3v) is 2.11. The Morgan fingerprint density at radius 2 is 2.46 bits per heavy atom. The molecule has 1 aromatic heterocycles. The summed E-state index contributed by atoms with van der Waals surface area (Å²) >= 11 is 0. The van der Waals surface area contributed by atoms with Crippen molar-refractivity contribution in [3.63, 3.8) is 0 Å². The van der Waals surface area contributed by atoms with Crippen molar-refractivity contribution in [1.82, 2.24) is 4.98 Å². The Labute approximate surface area is 75.6 Å². The van der Waals surface area contributed by atoms with E-state index in [1.165, 1.54) is 0 Å². The Morgan fingerprint density at radius 3 is 3.00 bits per heavy atom. The summed E-state index contributed by atoms with van der Waals surface area (Å²) < 4.78 is 0. The minimum Gasteiger partial charge on any atom is -0.481 e. The van der Waals surface area contributed by atoms with E-state index in [4.69, 9.17) is 5.11 Å². The maximum atomic E-state index is 10.5. The normalized spacial score (nSPS) is 25.2. The molecule has 0 unspecified atom stereocenters. The molecule has 1 saturated carbocycles. The zero-order valence-electron chi connectivity index (χ0n) is 6.97. The van der Waals surface area contributed by atoms with Gasteiger partial charge in [0.1, 0.15) is 5.82 Å². The van der Waals surface area contributed by atoms with E-state index >= 15 is 0 Å². The molecule has 2 N–H and O–H groups in total. The first-order chi connectivity index (χ1) is 6.27. The molecule has 0 amide bonds. The monoisotopic (exact) mass is 178 g/mol. The van der Waals surface area contributed by atoms with E-state index in [9.17, 15) is 4.79 Å². The number of hydrogen-bond donors (Lipinski definition) is 2. The Balaban J connectivity index is 1.92. The number of carbonyl (C=O) groups is 1. The summed E-state index contributed by atoms with van der Waals surface area (Å²) in [5.74, 6) is -0.216. The maximum absolute atomic E-state index is 10.5. The van der Waals surface area contributed by atoms with Crippen LogP contribution in [-0.2, 0) is 4.79 Å². The predicted molar refractivity (Wildman–Crippen MR) is 47.4 cm³/mol. The number of nitrogens with one attached hydrogen (secondary N) is 1. The fourth-order valence-corrected chi connectivity index (χ4v) is 1.27. The van der Waals surface area contributed by atoms with Gasteiger partial charge in [0.25, 0.3) is 0 Å². The molecular weight excluding hydrogens is 168 g/mol. The van der Waals surface area contributed by atoms with Gasteiger partial charge in [0.2, 0.25) is 0 Å². The summed E-state index contributed by atoms with van der Waals surface area (Å²) in [6.07, 6.45) is 2.38. The van der Waals surface area contributed by atoms with Gasteiger partial charge in [0, 0.05) is 12.2 Å². The summed E-state index contributed by atoms with van der Waals surface area (Å²) in [6.45, 7) is 0. The van der Waals surface area contributed by atoms with Gasteiger partial charge in [-0.25, -0.2) is 4.98 Å². The van der Waals surface area contributed by atoms with E-state index in [-0.39, 0.29) is 12.0 Å². The van der Waals surface area contributed by atoms with Gasteiger partial charge in [-0.05, 0) is 18.6 Å². The molecule has 2 rings (SSSR count). The number of carboxylic acids is 1. The fourth-order valence-electron chi connectivity index (χ4n) is 1.27. The first-order valence-corrected chi connectivity index (χ1v) is 4.18. The maximum Gasteiger partial charge on any atom is 0.308 e. The molecule has 4 nitrogen and oxygen atoms in total. The number of hydrogen-bond acceptors (Lipinski definition) is 3.